The Balaban J connectivity index is 0.00000110. The molecular weight excluding hydrogens is 349 g/mol. The summed E-state index contributed by atoms with van der Waals surface area (Å²) in [6, 6.07) is 4.12. The Kier molecular flexibility index (Phi) is 7.09. The number of hydrogen-bond donors (Lipinski definition) is 1. The normalized spacial score (nSPS) is 17.8. The van der Waals surface area contributed by atoms with Crippen molar-refractivity contribution in [3.63, 3.8) is 0 Å². The molecule has 0 radical (unpaired) electrons. The maximum Gasteiger partial charge on any atom is 0.273 e. The van der Waals surface area contributed by atoms with Crippen LogP contribution >= 0.6 is 47.5 Å². The largest absolute Gasteiger partial charge is 0.336 e. The highest BCUT2D eigenvalue weighted by Crippen LogP contribution is 2.28. The zero-order valence-electron chi connectivity index (χ0n) is 11.2. The lowest BCUT2D eigenvalue weighted by Crippen LogP contribution is -2.45. The molecule has 1 atom stereocenters. The van der Waals surface area contributed by atoms with Crippen LogP contribution in [0.25, 0.3) is 9.88 Å². The van der Waals surface area contributed by atoms with E-state index >= 15 is 0 Å². The third-order valence-electron chi connectivity index (χ3n) is 3.20. The molecular formula is C13H17Cl2N3OS2. The third-order valence-corrected chi connectivity index (χ3v) is 5.08. The quantitative estimate of drug-likeness (QED) is 0.887. The molecule has 1 amide bonds. The van der Waals surface area contributed by atoms with Crippen LogP contribution in [0.15, 0.2) is 22.9 Å². The van der Waals surface area contributed by atoms with Gasteiger partial charge in [-0.25, -0.2) is 4.98 Å². The highest BCUT2D eigenvalue weighted by molar-refractivity contribution is 7.20. The molecule has 1 aliphatic heterocycles. The first kappa shape index (κ1) is 18.4. The molecule has 1 saturated heterocycles. The fourth-order valence-electron chi connectivity index (χ4n) is 2.24. The lowest BCUT2D eigenvalue weighted by atomic mass is 10.1. The number of amides is 1. The summed E-state index contributed by atoms with van der Waals surface area (Å²) in [6.07, 6.45) is 1.98. The smallest absolute Gasteiger partial charge is 0.273 e. The number of rotatable bonds is 2. The summed E-state index contributed by atoms with van der Waals surface area (Å²) in [7, 11) is 0. The van der Waals surface area contributed by atoms with Crippen molar-refractivity contribution in [3.05, 3.63) is 28.6 Å². The Bertz CT molecular complexity index is 574. The molecule has 0 aliphatic carbocycles. The summed E-state index contributed by atoms with van der Waals surface area (Å²) in [5.74, 6) is 0.00852. The summed E-state index contributed by atoms with van der Waals surface area (Å²) in [5, 5.41) is 4.78. The van der Waals surface area contributed by atoms with Crippen molar-refractivity contribution in [1.29, 1.82) is 0 Å². The van der Waals surface area contributed by atoms with Gasteiger partial charge in [0.2, 0.25) is 0 Å². The number of hydrogen-bond acceptors (Lipinski definition) is 5. The molecule has 2 aromatic heterocycles. The van der Waals surface area contributed by atoms with Crippen LogP contribution in [0.2, 0.25) is 0 Å². The number of likely N-dealkylation sites (tertiary alicyclic amines) is 1. The lowest BCUT2D eigenvalue weighted by Gasteiger charge is -2.30. The van der Waals surface area contributed by atoms with E-state index in [1.807, 2.05) is 27.8 Å². The lowest BCUT2D eigenvalue weighted by molar-refractivity contribution is 0.0704. The zero-order valence-corrected chi connectivity index (χ0v) is 14.5. The molecule has 3 heterocycles. The van der Waals surface area contributed by atoms with Crippen molar-refractivity contribution in [3.8, 4) is 9.88 Å². The van der Waals surface area contributed by atoms with Crippen molar-refractivity contribution in [2.75, 3.05) is 13.1 Å². The van der Waals surface area contributed by atoms with Gasteiger partial charge in [-0.15, -0.1) is 47.5 Å². The molecule has 2 N–H and O–H groups in total. The number of piperidine rings is 1. The van der Waals surface area contributed by atoms with Crippen molar-refractivity contribution in [1.82, 2.24) is 9.88 Å². The predicted molar refractivity (Wildman–Crippen MR) is 93.0 cm³/mol. The fourth-order valence-corrected chi connectivity index (χ4v) is 3.85. The van der Waals surface area contributed by atoms with Crippen molar-refractivity contribution in [2.45, 2.75) is 18.9 Å². The SMILES string of the molecule is Cl.Cl.NC1CCCN(C(=O)c2csc(-c3cccs3)n2)C1. The van der Waals surface area contributed by atoms with Crippen molar-refractivity contribution < 1.29 is 4.79 Å². The Morgan fingerprint density at radius 1 is 1.38 bits per heavy atom. The first-order chi connectivity index (χ1) is 9.24. The van der Waals surface area contributed by atoms with E-state index in [9.17, 15) is 4.79 Å². The van der Waals surface area contributed by atoms with E-state index in [1.165, 1.54) is 11.3 Å². The second kappa shape index (κ2) is 8.10. The van der Waals surface area contributed by atoms with Crippen LogP contribution < -0.4 is 5.73 Å². The van der Waals surface area contributed by atoms with Gasteiger partial charge in [0.1, 0.15) is 10.7 Å². The molecule has 0 saturated carbocycles. The first-order valence-corrected chi connectivity index (χ1v) is 8.04. The summed E-state index contributed by atoms with van der Waals surface area (Å²) in [4.78, 5) is 19.7. The minimum absolute atomic E-state index is 0. The molecule has 4 nitrogen and oxygen atoms in total. The minimum Gasteiger partial charge on any atom is -0.336 e. The van der Waals surface area contributed by atoms with Gasteiger partial charge in [-0.2, -0.15) is 0 Å². The molecule has 3 rings (SSSR count). The number of nitrogens with zero attached hydrogens (tertiary/aromatic N) is 2. The van der Waals surface area contributed by atoms with E-state index < -0.39 is 0 Å². The Morgan fingerprint density at radius 2 is 2.19 bits per heavy atom. The Labute approximate surface area is 144 Å². The van der Waals surface area contributed by atoms with Crippen LogP contribution in [0.5, 0.6) is 0 Å². The van der Waals surface area contributed by atoms with Gasteiger partial charge in [0, 0.05) is 24.5 Å². The van der Waals surface area contributed by atoms with Gasteiger partial charge >= 0.3 is 0 Å². The molecule has 21 heavy (non-hydrogen) atoms. The molecule has 116 valence electrons. The number of carbonyl (C=O) groups excluding carboxylic acids is 1. The molecule has 1 unspecified atom stereocenters. The standard InChI is InChI=1S/C13H15N3OS2.2ClH/c14-9-3-1-5-16(7-9)13(17)10-8-19-12(15-10)11-4-2-6-18-11;;/h2,4,6,8-9H,1,3,5,7,14H2;2*1H. The predicted octanol–water partition coefficient (Wildman–Crippen LogP) is 3.28. The van der Waals surface area contributed by atoms with Crippen LogP contribution in [0.4, 0.5) is 0 Å². The number of thiophene rings is 1. The van der Waals surface area contributed by atoms with Crippen LogP contribution in [-0.4, -0.2) is 34.9 Å². The maximum absolute atomic E-state index is 12.3. The molecule has 0 spiro atoms. The van der Waals surface area contributed by atoms with E-state index in [4.69, 9.17) is 5.73 Å². The van der Waals surface area contributed by atoms with Crippen molar-refractivity contribution >= 4 is 53.4 Å². The van der Waals surface area contributed by atoms with E-state index in [-0.39, 0.29) is 36.8 Å². The van der Waals surface area contributed by atoms with Crippen LogP contribution in [0, 0.1) is 0 Å². The summed E-state index contributed by atoms with van der Waals surface area (Å²) in [6.45, 7) is 1.43. The van der Waals surface area contributed by atoms with Crippen LogP contribution in [-0.2, 0) is 0 Å². The third kappa shape index (κ3) is 4.17. The average molecular weight is 366 g/mol. The summed E-state index contributed by atoms with van der Waals surface area (Å²) >= 11 is 3.16. The minimum atomic E-state index is 0. The number of aromatic nitrogens is 1. The first-order valence-electron chi connectivity index (χ1n) is 6.28. The second-order valence-electron chi connectivity index (χ2n) is 4.67. The van der Waals surface area contributed by atoms with E-state index in [1.54, 1.807) is 11.3 Å². The molecule has 1 aliphatic rings. The van der Waals surface area contributed by atoms with Gasteiger partial charge in [-0.05, 0) is 24.3 Å². The van der Waals surface area contributed by atoms with Gasteiger partial charge in [0.25, 0.3) is 5.91 Å². The molecule has 0 bridgehead atoms. The van der Waals surface area contributed by atoms with Crippen molar-refractivity contribution in [2.24, 2.45) is 5.73 Å². The molecule has 1 fully saturated rings. The van der Waals surface area contributed by atoms with Crippen LogP contribution in [0.3, 0.4) is 0 Å². The molecule has 2 aromatic rings. The van der Waals surface area contributed by atoms with Gasteiger partial charge in [-0.1, -0.05) is 6.07 Å². The van der Waals surface area contributed by atoms with Gasteiger partial charge in [0.15, 0.2) is 0 Å². The molecule has 0 aromatic carbocycles. The van der Waals surface area contributed by atoms with Gasteiger partial charge in [-0.3, -0.25) is 4.79 Å². The Hall–Kier alpha value is -0.660. The van der Waals surface area contributed by atoms with E-state index in [0.717, 1.165) is 29.3 Å². The van der Waals surface area contributed by atoms with Gasteiger partial charge < -0.3 is 10.6 Å². The zero-order chi connectivity index (χ0) is 13.2. The highest BCUT2D eigenvalue weighted by Gasteiger charge is 2.24. The summed E-state index contributed by atoms with van der Waals surface area (Å²) < 4.78 is 0. The number of carbonyl (C=O) groups is 1. The summed E-state index contributed by atoms with van der Waals surface area (Å²) in [5.41, 5.74) is 6.46. The highest BCUT2D eigenvalue weighted by atomic mass is 35.5. The van der Waals surface area contributed by atoms with E-state index in [2.05, 4.69) is 4.98 Å². The maximum atomic E-state index is 12.3. The number of halogens is 2. The number of nitrogens with two attached hydrogens (primary N) is 1. The second-order valence-corrected chi connectivity index (χ2v) is 6.47. The number of thiazole rings is 1. The topological polar surface area (TPSA) is 59.2 Å². The van der Waals surface area contributed by atoms with Gasteiger partial charge in [0.05, 0.1) is 4.88 Å². The fraction of sp³-hybridized carbons (Fsp3) is 0.385. The average Bonchev–Trinajstić information content (AvgIpc) is 3.08. The Morgan fingerprint density at radius 3 is 2.86 bits per heavy atom. The van der Waals surface area contributed by atoms with Crippen LogP contribution in [0.1, 0.15) is 23.3 Å². The van der Waals surface area contributed by atoms with E-state index in [0.29, 0.717) is 12.2 Å². The monoisotopic (exact) mass is 365 g/mol. The molecule has 8 heteroatoms.